The number of benzene rings is 1. The van der Waals surface area contributed by atoms with Gasteiger partial charge in [-0.1, -0.05) is 0 Å². The smallest absolute Gasteiger partial charge is 0.204 e. The Balaban J connectivity index is 1.68. The monoisotopic (exact) mass is 349 g/mol. The fourth-order valence-corrected chi connectivity index (χ4v) is 2.83. The van der Waals surface area contributed by atoms with Crippen LogP contribution in [0.25, 0.3) is 11.0 Å². The van der Waals surface area contributed by atoms with Gasteiger partial charge in [-0.05, 0) is 36.4 Å². The zero-order valence-corrected chi connectivity index (χ0v) is 14.6. The van der Waals surface area contributed by atoms with Crippen LogP contribution in [0.5, 0.6) is 5.75 Å². The van der Waals surface area contributed by atoms with Crippen molar-refractivity contribution >= 4 is 28.5 Å². The highest BCUT2D eigenvalue weighted by Crippen LogP contribution is 2.25. The number of pyridine rings is 1. The number of nitrogens with one attached hydrogen (secondary N) is 2. The highest BCUT2D eigenvalue weighted by atomic mass is 16.5. The fraction of sp³-hybridized carbons (Fsp3) is 0.158. The second-order valence-corrected chi connectivity index (χ2v) is 5.76. The molecule has 0 aliphatic carbocycles. The average Bonchev–Trinajstić information content (AvgIpc) is 3.31. The number of fused-ring (bicyclic) bond motifs is 1. The third-order valence-electron chi connectivity index (χ3n) is 4.11. The Kier molecular flexibility index (Phi) is 4.18. The van der Waals surface area contributed by atoms with Crippen LogP contribution >= 0.6 is 0 Å². The molecule has 0 aliphatic heterocycles. The van der Waals surface area contributed by atoms with E-state index in [-0.39, 0.29) is 0 Å². The number of rotatable bonds is 6. The molecule has 2 N–H and O–H groups in total. The Hall–Kier alpha value is -3.48. The molecular weight excluding hydrogens is 330 g/mol. The van der Waals surface area contributed by atoms with E-state index in [2.05, 4.69) is 25.2 Å². The van der Waals surface area contributed by atoms with Gasteiger partial charge in [0.25, 0.3) is 0 Å². The van der Waals surface area contributed by atoms with Gasteiger partial charge in [0.15, 0.2) is 0 Å². The average molecular weight is 349 g/mol. The van der Waals surface area contributed by atoms with E-state index < -0.39 is 0 Å². The standard InChI is InChI=1S/C19H19N5O2/c1-20-19-23-16-11-21-18(22-13-5-7-14(25-2)8-6-13)10-17(16)24(19)12-15-4-3-9-26-15/h3-11H,12H2,1-2H3,(H,20,23)(H,21,22). The molecule has 3 aromatic heterocycles. The molecule has 0 atom stereocenters. The van der Waals surface area contributed by atoms with Gasteiger partial charge in [-0.15, -0.1) is 0 Å². The minimum absolute atomic E-state index is 0.589. The van der Waals surface area contributed by atoms with Crippen LogP contribution in [0.3, 0.4) is 0 Å². The third kappa shape index (κ3) is 3.06. The zero-order valence-electron chi connectivity index (χ0n) is 14.6. The minimum Gasteiger partial charge on any atom is -0.497 e. The normalized spacial score (nSPS) is 10.8. The highest BCUT2D eigenvalue weighted by molar-refractivity contribution is 5.81. The molecular formula is C19H19N5O2. The lowest BCUT2D eigenvalue weighted by atomic mass is 10.3. The van der Waals surface area contributed by atoms with Crippen LogP contribution in [0, 0.1) is 0 Å². The van der Waals surface area contributed by atoms with Crippen LogP contribution in [0.2, 0.25) is 0 Å². The predicted molar refractivity (Wildman–Crippen MR) is 101 cm³/mol. The molecule has 26 heavy (non-hydrogen) atoms. The van der Waals surface area contributed by atoms with Crippen molar-refractivity contribution in [3.8, 4) is 5.75 Å². The highest BCUT2D eigenvalue weighted by Gasteiger charge is 2.12. The molecule has 132 valence electrons. The van der Waals surface area contributed by atoms with Crippen LogP contribution in [0.15, 0.2) is 59.3 Å². The lowest BCUT2D eigenvalue weighted by molar-refractivity contribution is 0.415. The van der Waals surface area contributed by atoms with Crippen LogP contribution < -0.4 is 15.4 Å². The van der Waals surface area contributed by atoms with Crippen LogP contribution in [0.4, 0.5) is 17.5 Å². The molecule has 0 spiro atoms. The first kappa shape index (κ1) is 16.0. The Morgan fingerprint density at radius 1 is 1.19 bits per heavy atom. The van der Waals surface area contributed by atoms with Crippen molar-refractivity contribution < 1.29 is 9.15 Å². The summed E-state index contributed by atoms with van der Waals surface area (Å²) in [6, 6.07) is 13.5. The topological polar surface area (TPSA) is 77.1 Å². The van der Waals surface area contributed by atoms with Crippen molar-refractivity contribution in [3.63, 3.8) is 0 Å². The van der Waals surface area contributed by atoms with Gasteiger partial charge in [-0.25, -0.2) is 9.97 Å². The number of ether oxygens (including phenoxy) is 1. The number of furan rings is 1. The first-order valence-electron chi connectivity index (χ1n) is 8.24. The molecule has 0 saturated carbocycles. The number of aromatic nitrogens is 3. The molecule has 4 aromatic rings. The summed E-state index contributed by atoms with van der Waals surface area (Å²) in [7, 11) is 3.50. The number of hydrogen-bond acceptors (Lipinski definition) is 6. The maximum absolute atomic E-state index is 5.48. The van der Waals surface area contributed by atoms with Gasteiger partial charge in [-0.3, -0.25) is 0 Å². The molecule has 0 aliphatic rings. The number of hydrogen-bond donors (Lipinski definition) is 2. The Labute approximate surface area is 150 Å². The van der Waals surface area contributed by atoms with Crippen molar-refractivity contribution in [2.75, 3.05) is 24.8 Å². The molecule has 0 saturated heterocycles. The quantitative estimate of drug-likeness (QED) is 0.550. The predicted octanol–water partition coefficient (Wildman–Crippen LogP) is 3.87. The Bertz CT molecular complexity index is 1010. The number of methoxy groups -OCH3 is 1. The van der Waals surface area contributed by atoms with Crippen LogP contribution in [-0.4, -0.2) is 28.7 Å². The first-order valence-corrected chi connectivity index (χ1v) is 8.24. The molecule has 7 nitrogen and oxygen atoms in total. The Morgan fingerprint density at radius 2 is 2.04 bits per heavy atom. The van der Waals surface area contributed by atoms with E-state index in [9.17, 15) is 0 Å². The van der Waals surface area contributed by atoms with E-state index in [0.29, 0.717) is 6.54 Å². The Morgan fingerprint density at radius 3 is 2.73 bits per heavy atom. The second-order valence-electron chi connectivity index (χ2n) is 5.76. The van der Waals surface area contributed by atoms with Crippen LogP contribution in [0.1, 0.15) is 5.76 Å². The van der Waals surface area contributed by atoms with E-state index in [1.165, 1.54) is 0 Å². The van der Waals surface area contributed by atoms with E-state index in [4.69, 9.17) is 9.15 Å². The summed E-state index contributed by atoms with van der Waals surface area (Å²) in [6.07, 6.45) is 3.44. The van der Waals surface area contributed by atoms with E-state index >= 15 is 0 Å². The summed E-state index contributed by atoms with van der Waals surface area (Å²) in [5, 5.41) is 6.44. The molecule has 0 unspecified atom stereocenters. The third-order valence-corrected chi connectivity index (χ3v) is 4.11. The van der Waals surface area contributed by atoms with Gasteiger partial charge >= 0.3 is 0 Å². The number of nitrogens with zero attached hydrogens (tertiary/aromatic N) is 3. The number of anilines is 3. The van der Waals surface area contributed by atoms with Crippen LogP contribution in [-0.2, 0) is 6.54 Å². The first-order chi connectivity index (χ1) is 12.8. The van der Waals surface area contributed by atoms with Crippen molar-refractivity contribution in [1.82, 2.24) is 14.5 Å². The van der Waals surface area contributed by atoms with Crippen molar-refractivity contribution in [3.05, 3.63) is 60.7 Å². The van der Waals surface area contributed by atoms with Gasteiger partial charge < -0.3 is 24.4 Å². The maximum atomic E-state index is 5.48. The summed E-state index contributed by atoms with van der Waals surface area (Å²) >= 11 is 0. The second kappa shape index (κ2) is 6.79. The van der Waals surface area contributed by atoms with Crippen molar-refractivity contribution in [1.29, 1.82) is 0 Å². The van der Waals surface area contributed by atoms with E-state index in [1.807, 2.05) is 49.5 Å². The van der Waals surface area contributed by atoms with E-state index in [0.717, 1.165) is 40.0 Å². The summed E-state index contributed by atoms with van der Waals surface area (Å²) in [5.74, 6) is 3.18. The van der Waals surface area contributed by atoms with Crippen molar-refractivity contribution in [2.24, 2.45) is 0 Å². The fourth-order valence-electron chi connectivity index (χ4n) is 2.83. The summed E-state index contributed by atoms with van der Waals surface area (Å²) < 4.78 is 12.7. The summed E-state index contributed by atoms with van der Waals surface area (Å²) in [6.45, 7) is 0.589. The van der Waals surface area contributed by atoms with Gasteiger partial charge in [0.2, 0.25) is 5.95 Å². The number of imidazole rings is 1. The van der Waals surface area contributed by atoms with Gasteiger partial charge in [0.1, 0.15) is 22.8 Å². The molecule has 3 heterocycles. The summed E-state index contributed by atoms with van der Waals surface area (Å²) in [5.41, 5.74) is 2.72. The summed E-state index contributed by atoms with van der Waals surface area (Å²) in [4.78, 5) is 9.05. The van der Waals surface area contributed by atoms with E-state index in [1.54, 1.807) is 19.6 Å². The maximum Gasteiger partial charge on any atom is 0.204 e. The van der Waals surface area contributed by atoms with Crippen molar-refractivity contribution in [2.45, 2.75) is 6.54 Å². The molecule has 1 aromatic carbocycles. The molecule has 0 amide bonds. The zero-order chi connectivity index (χ0) is 17.9. The van der Waals surface area contributed by atoms with Gasteiger partial charge in [-0.2, -0.15) is 0 Å². The van der Waals surface area contributed by atoms with Gasteiger partial charge in [0.05, 0.1) is 31.6 Å². The van der Waals surface area contributed by atoms with Gasteiger partial charge in [0, 0.05) is 18.8 Å². The SMILES string of the molecule is CNc1nc2cnc(Nc3ccc(OC)cc3)cc2n1Cc1ccco1. The lowest BCUT2D eigenvalue weighted by Gasteiger charge is -2.09. The largest absolute Gasteiger partial charge is 0.497 e. The molecule has 7 heteroatoms. The molecule has 0 fully saturated rings. The molecule has 0 radical (unpaired) electrons. The minimum atomic E-state index is 0.589. The lowest BCUT2D eigenvalue weighted by Crippen LogP contribution is -2.04. The molecule has 4 rings (SSSR count). The molecule has 0 bridgehead atoms.